The van der Waals surface area contributed by atoms with Crippen LogP contribution < -0.4 is 5.43 Å². The SMILES string of the molecule is Fc1ccc(-c2nnc3n2Nc2nc4ccccc4nc2S3)cc1. The van der Waals surface area contributed by atoms with Gasteiger partial charge < -0.3 is 0 Å². The first-order valence-electron chi connectivity index (χ1n) is 7.21. The molecule has 0 fully saturated rings. The lowest BCUT2D eigenvalue weighted by Gasteiger charge is -2.18. The molecule has 0 bridgehead atoms. The Kier molecular flexibility index (Phi) is 2.80. The molecule has 5 rings (SSSR count). The Balaban J connectivity index is 1.62. The number of halogens is 1. The Hall–Kier alpha value is -3.00. The summed E-state index contributed by atoms with van der Waals surface area (Å²) in [7, 11) is 0. The molecule has 2 aromatic carbocycles. The predicted molar refractivity (Wildman–Crippen MR) is 88.1 cm³/mol. The highest BCUT2D eigenvalue weighted by Crippen LogP contribution is 2.37. The monoisotopic (exact) mass is 336 g/mol. The van der Waals surface area contributed by atoms with E-state index in [1.165, 1.54) is 23.9 Å². The van der Waals surface area contributed by atoms with Gasteiger partial charge in [-0.1, -0.05) is 12.1 Å². The molecule has 0 radical (unpaired) electrons. The molecule has 0 saturated heterocycles. The van der Waals surface area contributed by atoms with Gasteiger partial charge in [-0.05, 0) is 48.2 Å². The summed E-state index contributed by atoms with van der Waals surface area (Å²) in [5, 5.41) is 9.80. The molecule has 3 heterocycles. The fraction of sp³-hybridized carbons (Fsp3) is 0. The van der Waals surface area contributed by atoms with E-state index in [0.29, 0.717) is 16.8 Å². The van der Waals surface area contributed by atoms with Crippen molar-refractivity contribution in [2.75, 3.05) is 5.43 Å². The average molecular weight is 336 g/mol. The third-order valence-electron chi connectivity index (χ3n) is 3.68. The first-order valence-corrected chi connectivity index (χ1v) is 8.02. The molecule has 1 aliphatic rings. The Morgan fingerprint density at radius 1 is 0.917 bits per heavy atom. The summed E-state index contributed by atoms with van der Waals surface area (Å²) in [5.41, 5.74) is 5.60. The van der Waals surface area contributed by atoms with Crippen molar-refractivity contribution >= 4 is 28.6 Å². The number of aromatic nitrogens is 5. The van der Waals surface area contributed by atoms with Gasteiger partial charge in [0.05, 0.1) is 11.0 Å². The van der Waals surface area contributed by atoms with Gasteiger partial charge >= 0.3 is 0 Å². The fourth-order valence-corrected chi connectivity index (χ4v) is 3.35. The van der Waals surface area contributed by atoms with Crippen molar-refractivity contribution in [1.82, 2.24) is 24.8 Å². The summed E-state index contributed by atoms with van der Waals surface area (Å²) in [6.45, 7) is 0. The van der Waals surface area contributed by atoms with Crippen LogP contribution in [0.25, 0.3) is 22.4 Å². The minimum absolute atomic E-state index is 0.290. The van der Waals surface area contributed by atoms with E-state index in [2.05, 4.69) is 25.6 Å². The van der Waals surface area contributed by atoms with Crippen LogP contribution in [0.1, 0.15) is 0 Å². The maximum atomic E-state index is 13.1. The maximum absolute atomic E-state index is 13.1. The molecule has 0 saturated carbocycles. The number of nitrogens with zero attached hydrogens (tertiary/aromatic N) is 5. The van der Waals surface area contributed by atoms with E-state index < -0.39 is 0 Å². The van der Waals surface area contributed by atoms with E-state index in [9.17, 15) is 4.39 Å². The van der Waals surface area contributed by atoms with Gasteiger partial charge in [0.15, 0.2) is 11.6 Å². The number of rotatable bonds is 1. The standard InChI is InChI=1S/C16H9FN6S/c17-10-7-5-9(6-8-10)14-20-21-16-23(14)22-13-15(24-16)19-12-4-2-1-3-11(12)18-13/h1-8H,(H,18,22). The molecule has 1 aliphatic heterocycles. The van der Waals surface area contributed by atoms with Crippen molar-refractivity contribution in [2.45, 2.75) is 10.2 Å². The molecule has 0 spiro atoms. The molecular weight excluding hydrogens is 327 g/mol. The summed E-state index contributed by atoms with van der Waals surface area (Å²) >= 11 is 1.40. The van der Waals surface area contributed by atoms with E-state index in [4.69, 9.17) is 0 Å². The second-order valence-electron chi connectivity index (χ2n) is 5.23. The van der Waals surface area contributed by atoms with E-state index in [0.717, 1.165) is 21.6 Å². The number of benzene rings is 2. The van der Waals surface area contributed by atoms with E-state index in [1.807, 2.05) is 24.3 Å². The Labute approximate surface area is 139 Å². The molecule has 24 heavy (non-hydrogen) atoms. The van der Waals surface area contributed by atoms with Crippen LogP contribution in [0.5, 0.6) is 0 Å². The topological polar surface area (TPSA) is 68.5 Å². The fourth-order valence-electron chi connectivity index (χ4n) is 2.54. The minimum atomic E-state index is -0.290. The van der Waals surface area contributed by atoms with Crippen molar-refractivity contribution in [1.29, 1.82) is 0 Å². The molecule has 4 aromatic rings. The van der Waals surface area contributed by atoms with Gasteiger partial charge in [0.2, 0.25) is 5.16 Å². The zero-order valence-corrected chi connectivity index (χ0v) is 13.0. The van der Waals surface area contributed by atoms with Crippen LogP contribution in [-0.2, 0) is 0 Å². The summed E-state index contributed by atoms with van der Waals surface area (Å²) in [6.07, 6.45) is 0. The van der Waals surface area contributed by atoms with Crippen LogP contribution in [0.4, 0.5) is 10.2 Å². The largest absolute Gasteiger partial charge is 0.271 e. The highest BCUT2D eigenvalue weighted by atomic mass is 32.2. The molecule has 116 valence electrons. The Bertz CT molecular complexity index is 1080. The number of anilines is 1. The molecule has 1 N–H and O–H groups in total. The van der Waals surface area contributed by atoms with Crippen LogP contribution in [0.15, 0.2) is 58.7 Å². The number of nitrogens with one attached hydrogen (secondary N) is 1. The second kappa shape index (κ2) is 5.00. The van der Waals surface area contributed by atoms with Crippen LogP contribution in [-0.4, -0.2) is 24.8 Å². The van der Waals surface area contributed by atoms with Crippen molar-refractivity contribution in [3.05, 3.63) is 54.3 Å². The van der Waals surface area contributed by atoms with Gasteiger partial charge in [0.25, 0.3) is 0 Å². The number of hydrogen-bond acceptors (Lipinski definition) is 6. The molecule has 2 aromatic heterocycles. The Morgan fingerprint density at radius 3 is 2.46 bits per heavy atom. The first kappa shape index (κ1) is 13.4. The molecule has 0 aliphatic carbocycles. The zero-order valence-electron chi connectivity index (χ0n) is 12.1. The highest BCUT2D eigenvalue weighted by Gasteiger charge is 2.24. The third-order valence-corrected chi connectivity index (χ3v) is 4.60. The van der Waals surface area contributed by atoms with E-state index in [1.54, 1.807) is 16.8 Å². The normalized spacial score (nSPS) is 12.5. The summed E-state index contributed by atoms with van der Waals surface area (Å²) < 4.78 is 14.9. The van der Waals surface area contributed by atoms with Gasteiger partial charge in [-0.2, -0.15) is 0 Å². The van der Waals surface area contributed by atoms with E-state index >= 15 is 0 Å². The van der Waals surface area contributed by atoms with Crippen LogP contribution in [0.2, 0.25) is 0 Å². The van der Waals surface area contributed by atoms with Gasteiger partial charge in [0, 0.05) is 5.56 Å². The van der Waals surface area contributed by atoms with Gasteiger partial charge in [-0.3, -0.25) is 5.43 Å². The lowest BCUT2D eigenvalue weighted by molar-refractivity contribution is 0.628. The summed E-state index contributed by atoms with van der Waals surface area (Å²) in [6, 6.07) is 13.8. The van der Waals surface area contributed by atoms with Crippen molar-refractivity contribution in [3.8, 4) is 11.4 Å². The number of hydrogen-bond donors (Lipinski definition) is 1. The quantitative estimate of drug-likeness (QED) is 0.506. The molecule has 0 atom stereocenters. The lowest BCUT2D eigenvalue weighted by atomic mass is 10.2. The lowest BCUT2D eigenvalue weighted by Crippen LogP contribution is -2.18. The first-order chi connectivity index (χ1) is 11.8. The van der Waals surface area contributed by atoms with Gasteiger partial charge in [-0.15, -0.1) is 10.2 Å². The average Bonchev–Trinajstić information content (AvgIpc) is 3.01. The number of para-hydroxylation sites is 2. The minimum Gasteiger partial charge on any atom is -0.271 e. The third kappa shape index (κ3) is 2.04. The van der Waals surface area contributed by atoms with Crippen LogP contribution in [0, 0.1) is 5.82 Å². The Morgan fingerprint density at radius 2 is 1.67 bits per heavy atom. The molecule has 0 amide bonds. The van der Waals surface area contributed by atoms with Gasteiger partial charge in [0.1, 0.15) is 10.8 Å². The summed E-state index contributed by atoms with van der Waals surface area (Å²) in [5.74, 6) is 0.953. The van der Waals surface area contributed by atoms with Crippen molar-refractivity contribution < 1.29 is 4.39 Å². The van der Waals surface area contributed by atoms with E-state index in [-0.39, 0.29) is 5.82 Å². The van der Waals surface area contributed by atoms with Crippen molar-refractivity contribution in [3.63, 3.8) is 0 Å². The predicted octanol–water partition coefficient (Wildman–Crippen LogP) is 3.37. The van der Waals surface area contributed by atoms with Crippen molar-refractivity contribution in [2.24, 2.45) is 0 Å². The number of fused-ring (bicyclic) bond motifs is 3. The highest BCUT2D eigenvalue weighted by molar-refractivity contribution is 7.99. The second-order valence-corrected chi connectivity index (χ2v) is 6.18. The zero-order chi connectivity index (χ0) is 16.1. The molecule has 8 heteroatoms. The molecule has 6 nitrogen and oxygen atoms in total. The van der Waals surface area contributed by atoms with Crippen LogP contribution in [0.3, 0.4) is 0 Å². The van der Waals surface area contributed by atoms with Crippen LogP contribution >= 0.6 is 11.8 Å². The van der Waals surface area contributed by atoms with Gasteiger partial charge in [-0.25, -0.2) is 19.0 Å². The molecule has 0 unspecified atom stereocenters. The maximum Gasteiger partial charge on any atom is 0.217 e. The molecular formula is C16H9FN6S. The summed E-state index contributed by atoms with van der Waals surface area (Å²) in [4.78, 5) is 9.23. The smallest absolute Gasteiger partial charge is 0.217 e.